The molecule has 0 spiro atoms. The van der Waals surface area contributed by atoms with Gasteiger partial charge in [-0.15, -0.1) is 11.3 Å². The van der Waals surface area contributed by atoms with Gasteiger partial charge in [0.1, 0.15) is 10.7 Å². The number of rotatable bonds is 6. The molecule has 1 N–H and O–H groups in total. The molecule has 0 unspecified atom stereocenters. The zero-order chi connectivity index (χ0) is 14.5. The molecular formula is C14H14N4OS2. The van der Waals surface area contributed by atoms with Crippen molar-refractivity contribution in [2.45, 2.75) is 0 Å². The van der Waals surface area contributed by atoms with Gasteiger partial charge in [0.2, 0.25) is 5.95 Å². The Balaban J connectivity index is 1.97. The second kappa shape index (κ2) is 6.75. The third-order valence-electron chi connectivity index (χ3n) is 2.85. The van der Waals surface area contributed by atoms with Crippen LogP contribution in [0.2, 0.25) is 0 Å². The van der Waals surface area contributed by atoms with Crippen molar-refractivity contribution in [3.8, 4) is 21.8 Å². The molecule has 0 atom stereocenters. The number of thiazole rings is 1. The fraction of sp³-hybridized carbons (Fsp3) is 0.214. The van der Waals surface area contributed by atoms with Gasteiger partial charge in [-0.3, -0.25) is 0 Å². The van der Waals surface area contributed by atoms with Crippen molar-refractivity contribution in [1.82, 2.24) is 15.0 Å². The predicted octanol–water partition coefficient (Wildman–Crippen LogP) is 3.39. The van der Waals surface area contributed by atoms with Crippen molar-refractivity contribution in [3.63, 3.8) is 0 Å². The smallest absolute Gasteiger partial charge is 0.223 e. The number of nitrogens with zero attached hydrogens (tertiary/aromatic N) is 3. The minimum absolute atomic E-state index is 0.594. The predicted molar refractivity (Wildman–Crippen MR) is 86.8 cm³/mol. The Kier molecular flexibility index (Phi) is 4.54. The van der Waals surface area contributed by atoms with Gasteiger partial charge in [0.05, 0.1) is 6.61 Å². The molecule has 0 saturated carbocycles. The van der Waals surface area contributed by atoms with Crippen LogP contribution in [0.3, 0.4) is 0 Å². The summed E-state index contributed by atoms with van der Waals surface area (Å²) in [5.74, 6) is 0.594. The maximum atomic E-state index is 5.02. The molecule has 3 aromatic heterocycles. The van der Waals surface area contributed by atoms with Gasteiger partial charge in [0.15, 0.2) is 0 Å². The van der Waals surface area contributed by atoms with E-state index in [2.05, 4.69) is 31.7 Å². The van der Waals surface area contributed by atoms with E-state index in [1.54, 1.807) is 36.0 Å². The topological polar surface area (TPSA) is 59.9 Å². The first-order valence-corrected chi connectivity index (χ1v) is 8.23. The van der Waals surface area contributed by atoms with Crippen molar-refractivity contribution >= 4 is 28.6 Å². The maximum Gasteiger partial charge on any atom is 0.223 e. The Bertz CT molecular complexity index is 683. The number of hydrogen-bond donors (Lipinski definition) is 1. The summed E-state index contributed by atoms with van der Waals surface area (Å²) >= 11 is 3.23. The molecule has 108 valence electrons. The third-order valence-corrected chi connectivity index (χ3v) is 4.31. The largest absolute Gasteiger partial charge is 0.383 e. The van der Waals surface area contributed by atoms with Crippen molar-refractivity contribution < 1.29 is 4.74 Å². The Labute approximate surface area is 130 Å². The quantitative estimate of drug-likeness (QED) is 0.706. The van der Waals surface area contributed by atoms with Crippen molar-refractivity contribution in [1.29, 1.82) is 0 Å². The average molecular weight is 318 g/mol. The third kappa shape index (κ3) is 3.26. The van der Waals surface area contributed by atoms with Gasteiger partial charge in [-0.2, -0.15) is 11.3 Å². The van der Waals surface area contributed by atoms with Crippen molar-refractivity contribution in [2.75, 3.05) is 25.6 Å². The summed E-state index contributed by atoms with van der Waals surface area (Å²) in [6.45, 7) is 1.29. The number of aromatic nitrogens is 3. The lowest BCUT2D eigenvalue weighted by Crippen LogP contribution is -2.10. The monoisotopic (exact) mass is 318 g/mol. The van der Waals surface area contributed by atoms with Crippen LogP contribution in [0.1, 0.15) is 0 Å². The lowest BCUT2D eigenvalue weighted by atomic mass is 10.1. The number of hydrogen-bond acceptors (Lipinski definition) is 7. The standard InChI is InChI=1S/C14H14N4OS2/c1-19-5-3-16-14-17-8-11(10-2-6-20-9-10)12(18-14)13-15-4-7-21-13/h2,4,6-9H,3,5H2,1H3,(H,16,17,18). The van der Waals surface area contributed by atoms with Gasteiger partial charge < -0.3 is 10.1 Å². The lowest BCUT2D eigenvalue weighted by Gasteiger charge is -2.08. The summed E-state index contributed by atoms with van der Waals surface area (Å²) in [5.41, 5.74) is 2.98. The summed E-state index contributed by atoms with van der Waals surface area (Å²) in [6.07, 6.45) is 3.64. The van der Waals surface area contributed by atoms with Crippen molar-refractivity contribution in [2.24, 2.45) is 0 Å². The highest BCUT2D eigenvalue weighted by Crippen LogP contribution is 2.32. The summed E-state index contributed by atoms with van der Waals surface area (Å²) in [5, 5.41) is 10.1. The molecule has 7 heteroatoms. The number of nitrogens with one attached hydrogen (secondary N) is 1. The zero-order valence-corrected chi connectivity index (χ0v) is 13.1. The highest BCUT2D eigenvalue weighted by Gasteiger charge is 2.13. The molecule has 0 aliphatic rings. The Hall–Kier alpha value is -1.83. The van der Waals surface area contributed by atoms with E-state index in [1.807, 2.05) is 17.0 Å². The Morgan fingerprint density at radius 2 is 2.24 bits per heavy atom. The molecule has 0 saturated heterocycles. The van der Waals surface area contributed by atoms with E-state index in [9.17, 15) is 0 Å². The van der Waals surface area contributed by atoms with E-state index < -0.39 is 0 Å². The number of anilines is 1. The second-order valence-electron chi connectivity index (χ2n) is 4.22. The molecule has 3 rings (SSSR count). The van der Waals surface area contributed by atoms with E-state index >= 15 is 0 Å². The van der Waals surface area contributed by atoms with Crippen LogP contribution >= 0.6 is 22.7 Å². The van der Waals surface area contributed by atoms with Crippen LogP contribution < -0.4 is 5.32 Å². The highest BCUT2D eigenvalue weighted by molar-refractivity contribution is 7.13. The van der Waals surface area contributed by atoms with Gasteiger partial charge in [-0.25, -0.2) is 15.0 Å². The van der Waals surface area contributed by atoms with Crippen LogP contribution in [0, 0.1) is 0 Å². The molecule has 3 aromatic rings. The first kappa shape index (κ1) is 14.1. The van der Waals surface area contributed by atoms with Gasteiger partial charge in [-0.1, -0.05) is 0 Å². The SMILES string of the molecule is COCCNc1ncc(-c2ccsc2)c(-c2nccs2)n1. The van der Waals surface area contributed by atoms with Gasteiger partial charge in [0.25, 0.3) is 0 Å². The molecule has 0 bridgehead atoms. The van der Waals surface area contributed by atoms with E-state index in [0.29, 0.717) is 19.1 Å². The second-order valence-corrected chi connectivity index (χ2v) is 5.90. The molecule has 3 heterocycles. The molecule has 0 radical (unpaired) electrons. The first-order chi connectivity index (χ1) is 10.4. The minimum Gasteiger partial charge on any atom is -0.383 e. The molecule has 0 aliphatic heterocycles. The average Bonchev–Trinajstić information content (AvgIpc) is 3.21. The van der Waals surface area contributed by atoms with Crippen LogP contribution in [0.15, 0.2) is 34.6 Å². The summed E-state index contributed by atoms with van der Waals surface area (Å²) < 4.78 is 5.02. The number of methoxy groups -OCH3 is 1. The van der Waals surface area contributed by atoms with Gasteiger partial charge in [-0.05, 0) is 22.4 Å². The van der Waals surface area contributed by atoms with E-state index in [1.165, 1.54) is 0 Å². The van der Waals surface area contributed by atoms with Crippen LogP contribution in [0.5, 0.6) is 0 Å². The molecule has 0 amide bonds. The Morgan fingerprint density at radius 3 is 2.95 bits per heavy atom. The van der Waals surface area contributed by atoms with Gasteiger partial charge in [0, 0.05) is 37.0 Å². The molecular weight excluding hydrogens is 304 g/mol. The fourth-order valence-corrected chi connectivity index (χ4v) is 3.16. The Morgan fingerprint density at radius 1 is 1.29 bits per heavy atom. The summed E-state index contributed by atoms with van der Waals surface area (Å²) in [6, 6.07) is 2.07. The van der Waals surface area contributed by atoms with Crippen molar-refractivity contribution in [3.05, 3.63) is 34.6 Å². The van der Waals surface area contributed by atoms with E-state index in [4.69, 9.17) is 4.74 Å². The zero-order valence-electron chi connectivity index (χ0n) is 11.4. The lowest BCUT2D eigenvalue weighted by molar-refractivity contribution is 0.210. The van der Waals surface area contributed by atoms with Crippen LogP contribution in [-0.4, -0.2) is 35.2 Å². The first-order valence-electron chi connectivity index (χ1n) is 6.41. The molecule has 21 heavy (non-hydrogen) atoms. The van der Waals surface area contributed by atoms with Crippen LogP contribution in [0.4, 0.5) is 5.95 Å². The molecule has 0 aromatic carbocycles. The van der Waals surface area contributed by atoms with Crippen LogP contribution in [0.25, 0.3) is 21.8 Å². The van der Waals surface area contributed by atoms with Crippen LogP contribution in [-0.2, 0) is 4.74 Å². The summed E-state index contributed by atoms with van der Waals surface area (Å²) in [7, 11) is 1.67. The van der Waals surface area contributed by atoms with E-state index in [-0.39, 0.29) is 0 Å². The highest BCUT2D eigenvalue weighted by atomic mass is 32.1. The number of thiophene rings is 1. The maximum absolute atomic E-state index is 5.02. The molecule has 5 nitrogen and oxygen atoms in total. The normalized spacial score (nSPS) is 10.7. The fourth-order valence-electron chi connectivity index (χ4n) is 1.86. The minimum atomic E-state index is 0.594. The van der Waals surface area contributed by atoms with E-state index in [0.717, 1.165) is 21.8 Å². The molecule has 0 fully saturated rings. The molecule has 0 aliphatic carbocycles. The summed E-state index contributed by atoms with van der Waals surface area (Å²) in [4.78, 5) is 13.4. The number of ether oxygens (including phenoxy) is 1. The van der Waals surface area contributed by atoms with Gasteiger partial charge >= 0.3 is 0 Å².